The Labute approximate surface area is 198 Å². The molecular formula is C20H19Cl3N4OS2. The molecule has 1 atom stereocenters. The van der Waals surface area contributed by atoms with Crippen molar-refractivity contribution in [3.63, 3.8) is 0 Å². The van der Waals surface area contributed by atoms with E-state index < -0.39 is 0 Å². The number of nitrogens with one attached hydrogen (secondary N) is 1. The number of nitrogens with zero attached hydrogens (tertiary/aromatic N) is 3. The van der Waals surface area contributed by atoms with Crippen molar-refractivity contribution in [3.8, 4) is 11.4 Å². The zero-order chi connectivity index (χ0) is 21.4. The number of amides is 1. The van der Waals surface area contributed by atoms with Crippen LogP contribution in [-0.4, -0.2) is 26.4 Å². The molecule has 1 aliphatic rings. The Hall–Kier alpha value is -1.25. The molecule has 10 heteroatoms. The van der Waals surface area contributed by atoms with Crippen molar-refractivity contribution in [3.05, 3.63) is 43.0 Å². The van der Waals surface area contributed by atoms with Gasteiger partial charge in [-0.3, -0.25) is 4.79 Å². The zero-order valence-corrected chi connectivity index (χ0v) is 20.2. The number of carbonyl (C=O) groups excluding carboxylic acids is 1. The van der Waals surface area contributed by atoms with Gasteiger partial charge < -0.3 is 9.88 Å². The summed E-state index contributed by atoms with van der Waals surface area (Å²) < 4.78 is 1.95. The van der Waals surface area contributed by atoms with Crippen molar-refractivity contribution in [1.29, 1.82) is 0 Å². The third-order valence-corrected chi connectivity index (χ3v) is 8.20. The molecule has 1 unspecified atom stereocenters. The summed E-state index contributed by atoms with van der Waals surface area (Å²) in [6.07, 6.45) is 3.42. The standard InChI is InChI=1S/C20H19Cl3N4OS2/c1-10-3-4-11-12(8-29-17(11)5-10)19-25-26-20(27(19)2)30-9-18(28)24-16-7-14(22)13(21)6-15(16)23/h6-8,10H,3-5,9H2,1-2H3,(H,24,28). The van der Waals surface area contributed by atoms with E-state index in [-0.39, 0.29) is 11.7 Å². The highest BCUT2D eigenvalue weighted by molar-refractivity contribution is 7.99. The lowest BCUT2D eigenvalue weighted by Gasteiger charge is -2.18. The number of thioether (sulfide) groups is 1. The lowest BCUT2D eigenvalue weighted by Crippen LogP contribution is -2.15. The minimum absolute atomic E-state index is 0.168. The molecule has 2 heterocycles. The van der Waals surface area contributed by atoms with Crippen LogP contribution in [0.25, 0.3) is 11.4 Å². The number of hydrogen-bond acceptors (Lipinski definition) is 5. The molecular weight excluding hydrogens is 483 g/mol. The van der Waals surface area contributed by atoms with E-state index in [1.165, 1.54) is 40.8 Å². The first-order valence-electron chi connectivity index (χ1n) is 9.39. The summed E-state index contributed by atoms with van der Waals surface area (Å²) in [6, 6.07) is 3.04. The second-order valence-corrected chi connectivity index (χ2v) is 10.5. The van der Waals surface area contributed by atoms with Gasteiger partial charge in [-0.15, -0.1) is 21.5 Å². The minimum Gasteiger partial charge on any atom is -0.324 e. The lowest BCUT2D eigenvalue weighted by atomic mass is 9.88. The van der Waals surface area contributed by atoms with Gasteiger partial charge in [0.25, 0.3) is 0 Å². The van der Waals surface area contributed by atoms with E-state index >= 15 is 0 Å². The van der Waals surface area contributed by atoms with Gasteiger partial charge in [0.05, 0.1) is 26.5 Å². The van der Waals surface area contributed by atoms with E-state index in [1.807, 2.05) is 11.6 Å². The molecule has 4 rings (SSSR count). The third-order valence-electron chi connectivity index (χ3n) is 5.09. The van der Waals surface area contributed by atoms with Crippen LogP contribution in [-0.2, 0) is 24.7 Å². The number of anilines is 1. The second kappa shape index (κ2) is 9.09. The quantitative estimate of drug-likeness (QED) is 0.326. The molecule has 30 heavy (non-hydrogen) atoms. The van der Waals surface area contributed by atoms with Crippen LogP contribution in [0.1, 0.15) is 23.8 Å². The summed E-state index contributed by atoms with van der Waals surface area (Å²) in [5.74, 6) is 1.53. The Kier molecular flexibility index (Phi) is 6.65. The summed E-state index contributed by atoms with van der Waals surface area (Å²) in [5.41, 5.74) is 2.99. The van der Waals surface area contributed by atoms with Crippen LogP contribution in [0, 0.1) is 5.92 Å². The molecule has 0 bridgehead atoms. The number of fused-ring (bicyclic) bond motifs is 1. The molecule has 0 saturated heterocycles. The van der Waals surface area contributed by atoms with Crippen LogP contribution in [0.15, 0.2) is 22.7 Å². The molecule has 2 aromatic heterocycles. The number of halogens is 3. The van der Waals surface area contributed by atoms with Gasteiger partial charge in [0.1, 0.15) is 0 Å². The molecule has 1 amide bonds. The monoisotopic (exact) mass is 500 g/mol. The molecule has 0 aliphatic heterocycles. The summed E-state index contributed by atoms with van der Waals surface area (Å²) >= 11 is 21.2. The SMILES string of the molecule is CC1CCc2c(-c3nnc(SCC(=O)Nc4cc(Cl)c(Cl)cc4Cl)n3C)csc2C1. The Morgan fingerprint density at radius 1 is 1.27 bits per heavy atom. The molecule has 158 valence electrons. The number of carbonyl (C=O) groups is 1. The van der Waals surface area contributed by atoms with Crippen molar-refractivity contribution < 1.29 is 4.79 Å². The number of hydrogen-bond donors (Lipinski definition) is 1. The number of thiophene rings is 1. The van der Waals surface area contributed by atoms with Crippen molar-refractivity contribution in [2.45, 2.75) is 31.3 Å². The van der Waals surface area contributed by atoms with E-state index in [0.29, 0.717) is 25.9 Å². The maximum atomic E-state index is 12.4. The molecule has 3 aromatic rings. The van der Waals surface area contributed by atoms with Gasteiger partial charge in [0.15, 0.2) is 11.0 Å². The highest BCUT2D eigenvalue weighted by Gasteiger charge is 2.23. The van der Waals surface area contributed by atoms with E-state index in [4.69, 9.17) is 34.8 Å². The van der Waals surface area contributed by atoms with E-state index in [1.54, 1.807) is 11.3 Å². The van der Waals surface area contributed by atoms with Crippen LogP contribution >= 0.6 is 57.9 Å². The normalized spacial score (nSPS) is 15.8. The fourth-order valence-corrected chi connectivity index (χ4v) is 6.02. The zero-order valence-electron chi connectivity index (χ0n) is 16.3. The number of benzene rings is 1. The van der Waals surface area contributed by atoms with Gasteiger partial charge >= 0.3 is 0 Å². The van der Waals surface area contributed by atoms with E-state index in [9.17, 15) is 4.79 Å². The lowest BCUT2D eigenvalue weighted by molar-refractivity contribution is -0.113. The average molecular weight is 502 g/mol. The number of aromatic nitrogens is 3. The van der Waals surface area contributed by atoms with Gasteiger partial charge in [-0.25, -0.2) is 0 Å². The van der Waals surface area contributed by atoms with Crippen LogP contribution in [0.3, 0.4) is 0 Å². The highest BCUT2D eigenvalue weighted by atomic mass is 35.5. The van der Waals surface area contributed by atoms with Gasteiger partial charge in [-0.05, 0) is 42.9 Å². The van der Waals surface area contributed by atoms with Gasteiger partial charge in [-0.1, -0.05) is 53.5 Å². The van der Waals surface area contributed by atoms with Crippen LogP contribution in [0.4, 0.5) is 5.69 Å². The predicted octanol–water partition coefficient (Wildman–Crippen LogP) is 6.36. The first-order chi connectivity index (χ1) is 14.3. The maximum absolute atomic E-state index is 12.4. The smallest absolute Gasteiger partial charge is 0.234 e. The van der Waals surface area contributed by atoms with E-state index in [0.717, 1.165) is 30.1 Å². The molecule has 0 saturated carbocycles. The number of rotatable bonds is 5. The van der Waals surface area contributed by atoms with Crippen molar-refractivity contribution in [1.82, 2.24) is 14.8 Å². The van der Waals surface area contributed by atoms with Gasteiger partial charge in [-0.2, -0.15) is 0 Å². The van der Waals surface area contributed by atoms with E-state index in [2.05, 4.69) is 27.8 Å². The third kappa shape index (κ3) is 4.50. The molecule has 0 fully saturated rings. The highest BCUT2D eigenvalue weighted by Crippen LogP contribution is 2.38. The first-order valence-corrected chi connectivity index (χ1v) is 12.4. The molecule has 1 aromatic carbocycles. The van der Waals surface area contributed by atoms with Gasteiger partial charge in [0.2, 0.25) is 5.91 Å². The Bertz CT molecular complexity index is 1110. The van der Waals surface area contributed by atoms with Crippen molar-refractivity contribution in [2.75, 3.05) is 11.1 Å². The summed E-state index contributed by atoms with van der Waals surface area (Å²) in [4.78, 5) is 13.8. The fourth-order valence-electron chi connectivity index (χ4n) is 3.47. The van der Waals surface area contributed by atoms with Crippen LogP contribution in [0.2, 0.25) is 15.1 Å². The first kappa shape index (κ1) is 22.0. The molecule has 1 N–H and O–H groups in total. The largest absolute Gasteiger partial charge is 0.324 e. The summed E-state index contributed by atoms with van der Waals surface area (Å²) in [7, 11) is 1.93. The molecule has 0 radical (unpaired) electrons. The van der Waals surface area contributed by atoms with Crippen molar-refractivity contribution >= 4 is 69.5 Å². The molecule has 5 nitrogen and oxygen atoms in total. The molecule has 1 aliphatic carbocycles. The summed E-state index contributed by atoms with van der Waals surface area (Å²) in [5, 5.41) is 15.3. The summed E-state index contributed by atoms with van der Waals surface area (Å²) in [6.45, 7) is 2.30. The Morgan fingerprint density at radius 3 is 2.83 bits per heavy atom. The van der Waals surface area contributed by atoms with Crippen LogP contribution < -0.4 is 5.32 Å². The second-order valence-electron chi connectivity index (χ2n) is 7.35. The minimum atomic E-state index is -0.216. The Balaban J connectivity index is 1.44. The maximum Gasteiger partial charge on any atom is 0.234 e. The topological polar surface area (TPSA) is 59.8 Å². The predicted molar refractivity (Wildman–Crippen MR) is 126 cm³/mol. The average Bonchev–Trinajstić information content (AvgIpc) is 3.27. The fraction of sp³-hybridized carbons (Fsp3) is 0.350. The Morgan fingerprint density at radius 2 is 2.03 bits per heavy atom. The molecule has 0 spiro atoms. The van der Waals surface area contributed by atoms with Gasteiger partial charge in [0, 0.05) is 22.9 Å². The van der Waals surface area contributed by atoms with Crippen LogP contribution in [0.5, 0.6) is 0 Å². The van der Waals surface area contributed by atoms with Crippen molar-refractivity contribution in [2.24, 2.45) is 13.0 Å².